The van der Waals surface area contributed by atoms with Gasteiger partial charge < -0.3 is 4.74 Å². The average Bonchev–Trinajstić information content (AvgIpc) is 3.37. The molecule has 184 valence electrons. The summed E-state index contributed by atoms with van der Waals surface area (Å²) in [5.74, 6) is -0.442. The largest absolute Gasteiger partial charge is 0.374 e. The lowest BCUT2D eigenvalue weighted by atomic mass is 10.0. The number of rotatable bonds is 7. The van der Waals surface area contributed by atoms with Crippen molar-refractivity contribution in [2.24, 2.45) is 7.05 Å². The Bertz CT molecular complexity index is 1430. The first-order chi connectivity index (χ1) is 16.8. The van der Waals surface area contributed by atoms with Gasteiger partial charge >= 0.3 is 5.69 Å². The van der Waals surface area contributed by atoms with Gasteiger partial charge in [-0.25, -0.2) is 13.6 Å². The summed E-state index contributed by atoms with van der Waals surface area (Å²) in [6.07, 6.45) is 1.47. The number of halogens is 2. The minimum absolute atomic E-state index is 0.100. The van der Waals surface area contributed by atoms with Crippen LogP contribution in [0, 0.1) is 5.82 Å². The van der Waals surface area contributed by atoms with Gasteiger partial charge in [-0.3, -0.25) is 19.0 Å². The molecule has 35 heavy (non-hydrogen) atoms. The molecule has 4 heterocycles. The molecule has 0 spiro atoms. The lowest BCUT2D eigenvalue weighted by Gasteiger charge is -2.14. The summed E-state index contributed by atoms with van der Waals surface area (Å²) in [6.45, 7) is 6.61. The van der Waals surface area contributed by atoms with Gasteiger partial charge in [-0.1, -0.05) is 6.07 Å². The summed E-state index contributed by atoms with van der Waals surface area (Å²) >= 11 is 0. The fourth-order valence-electron chi connectivity index (χ4n) is 4.64. The van der Waals surface area contributed by atoms with E-state index in [2.05, 4.69) is 20.1 Å². The van der Waals surface area contributed by atoms with Crippen molar-refractivity contribution < 1.29 is 13.5 Å². The van der Waals surface area contributed by atoms with E-state index in [1.807, 2.05) is 13.8 Å². The zero-order valence-corrected chi connectivity index (χ0v) is 20.0. The summed E-state index contributed by atoms with van der Waals surface area (Å²) < 4.78 is 37.1. The predicted octanol–water partition coefficient (Wildman–Crippen LogP) is 3.63. The standard InChI is InChI=1S/C25H28F2N6O2/c1-15(2)33-23-20-10-19(21(27)11-22(20)29-30-24(23)31(3)25(33)34)16-4-5-18(28-12-16)14-35-9-8-32-7-6-17(26)13-32/h4-5,10-12,15,17H,6-9,13-14H2,1-3H3/t17-/m1/s1. The van der Waals surface area contributed by atoms with Crippen LogP contribution in [-0.4, -0.2) is 61.6 Å². The van der Waals surface area contributed by atoms with Gasteiger partial charge in [0.2, 0.25) is 0 Å². The molecule has 1 atom stereocenters. The molecule has 3 aromatic heterocycles. The maximum Gasteiger partial charge on any atom is 0.330 e. The molecular formula is C25H28F2N6O2. The van der Waals surface area contributed by atoms with Gasteiger partial charge in [0.15, 0.2) is 5.65 Å². The lowest BCUT2D eigenvalue weighted by molar-refractivity contribution is 0.0954. The Morgan fingerprint density at radius 1 is 1.23 bits per heavy atom. The Morgan fingerprint density at radius 3 is 2.74 bits per heavy atom. The van der Waals surface area contributed by atoms with Crippen LogP contribution in [0.25, 0.3) is 33.2 Å². The van der Waals surface area contributed by atoms with E-state index in [4.69, 9.17) is 4.74 Å². The first kappa shape index (κ1) is 23.5. The van der Waals surface area contributed by atoms with Crippen molar-refractivity contribution in [3.8, 4) is 11.1 Å². The third-order valence-electron chi connectivity index (χ3n) is 6.53. The second-order valence-electron chi connectivity index (χ2n) is 9.30. The second-order valence-corrected chi connectivity index (χ2v) is 9.30. The number of hydrogen-bond donors (Lipinski definition) is 0. The number of imidazole rings is 1. The number of aromatic nitrogens is 5. The SMILES string of the molecule is CC(C)n1c(=O)n(C)c2nnc3cc(F)c(-c4ccc(COCCN5CC[C@@H](F)C5)nc4)cc3c21. The second kappa shape index (κ2) is 9.43. The first-order valence-electron chi connectivity index (χ1n) is 11.8. The Balaban J connectivity index is 1.40. The summed E-state index contributed by atoms with van der Waals surface area (Å²) in [4.78, 5) is 19.3. The predicted molar refractivity (Wildman–Crippen MR) is 129 cm³/mol. The molecule has 1 aromatic carbocycles. The number of likely N-dealkylation sites (tertiary alicyclic amines) is 1. The molecule has 1 fully saturated rings. The molecular weight excluding hydrogens is 454 g/mol. The maximum atomic E-state index is 15.0. The molecule has 0 amide bonds. The lowest BCUT2D eigenvalue weighted by Crippen LogP contribution is -2.25. The Hall–Kier alpha value is -3.24. The maximum absolute atomic E-state index is 15.0. The molecule has 1 saturated heterocycles. The smallest absolute Gasteiger partial charge is 0.330 e. The fraction of sp³-hybridized carbons (Fsp3) is 0.440. The fourth-order valence-corrected chi connectivity index (χ4v) is 4.64. The number of ether oxygens (including phenoxy) is 1. The van der Waals surface area contributed by atoms with Crippen LogP contribution in [0.1, 0.15) is 32.0 Å². The highest BCUT2D eigenvalue weighted by atomic mass is 19.1. The van der Waals surface area contributed by atoms with Crippen molar-refractivity contribution in [3.63, 3.8) is 0 Å². The van der Waals surface area contributed by atoms with Crippen LogP contribution < -0.4 is 5.69 Å². The molecule has 1 aliphatic rings. The van der Waals surface area contributed by atoms with E-state index >= 15 is 4.39 Å². The molecule has 0 bridgehead atoms. The highest BCUT2D eigenvalue weighted by Crippen LogP contribution is 2.31. The van der Waals surface area contributed by atoms with Crippen LogP contribution in [-0.2, 0) is 18.4 Å². The van der Waals surface area contributed by atoms with Crippen molar-refractivity contribution >= 4 is 22.1 Å². The number of alkyl halides is 1. The molecule has 0 aliphatic carbocycles. The van der Waals surface area contributed by atoms with E-state index in [0.29, 0.717) is 65.9 Å². The molecule has 0 N–H and O–H groups in total. The zero-order chi connectivity index (χ0) is 24.7. The van der Waals surface area contributed by atoms with Crippen LogP contribution in [0.2, 0.25) is 0 Å². The third kappa shape index (κ3) is 4.43. The number of aryl methyl sites for hydroxylation is 1. The molecule has 0 radical (unpaired) electrons. The van der Waals surface area contributed by atoms with Crippen molar-refractivity contribution in [1.82, 2.24) is 29.2 Å². The van der Waals surface area contributed by atoms with E-state index in [9.17, 15) is 9.18 Å². The van der Waals surface area contributed by atoms with E-state index in [1.165, 1.54) is 10.6 Å². The normalized spacial score (nSPS) is 16.8. The average molecular weight is 483 g/mol. The van der Waals surface area contributed by atoms with Crippen molar-refractivity contribution in [3.05, 3.63) is 52.5 Å². The summed E-state index contributed by atoms with van der Waals surface area (Å²) in [7, 11) is 1.65. The molecule has 5 rings (SSSR count). The Kier molecular flexibility index (Phi) is 6.33. The summed E-state index contributed by atoms with van der Waals surface area (Å²) in [6, 6.07) is 6.56. The van der Waals surface area contributed by atoms with Gasteiger partial charge in [0.05, 0.1) is 24.4 Å². The topological polar surface area (TPSA) is 78.1 Å². The van der Waals surface area contributed by atoms with Crippen LogP contribution in [0.4, 0.5) is 8.78 Å². The van der Waals surface area contributed by atoms with E-state index in [0.717, 1.165) is 12.2 Å². The molecule has 10 heteroatoms. The minimum atomic E-state index is -0.734. The number of pyridine rings is 1. The van der Waals surface area contributed by atoms with Crippen LogP contribution >= 0.6 is 0 Å². The van der Waals surface area contributed by atoms with Crippen molar-refractivity contribution in [2.75, 3.05) is 26.2 Å². The van der Waals surface area contributed by atoms with Gasteiger partial charge in [0.25, 0.3) is 0 Å². The number of hydrogen-bond acceptors (Lipinski definition) is 6. The first-order valence-corrected chi connectivity index (χ1v) is 11.8. The third-order valence-corrected chi connectivity index (χ3v) is 6.53. The Labute approximate surface area is 201 Å². The number of fused-ring (bicyclic) bond motifs is 3. The number of nitrogens with zero attached hydrogens (tertiary/aromatic N) is 6. The molecule has 8 nitrogen and oxygen atoms in total. The van der Waals surface area contributed by atoms with Crippen molar-refractivity contribution in [2.45, 2.75) is 39.1 Å². The van der Waals surface area contributed by atoms with Gasteiger partial charge in [-0.15, -0.1) is 10.2 Å². The highest BCUT2D eigenvalue weighted by Gasteiger charge is 2.21. The monoisotopic (exact) mass is 482 g/mol. The Morgan fingerprint density at radius 2 is 2.06 bits per heavy atom. The quantitative estimate of drug-likeness (QED) is 0.375. The van der Waals surface area contributed by atoms with Gasteiger partial charge in [-0.05, 0) is 32.4 Å². The number of benzene rings is 1. The van der Waals surface area contributed by atoms with Crippen LogP contribution in [0.3, 0.4) is 0 Å². The van der Waals surface area contributed by atoms with Crippen molar-refractivity contribution in [1.29, 1.82) is 0 Å². The molecule has 4 aromatic rings. The van der Waals surface area contributed by atoms with Gasteiger partial charge in [-0.2, -0.15) is 0 Å². The van der Waals surface area contributed by atoms with Gasteiger partial charge in [0.1, 0.15) is 17.5 Å². The summed E-state index contributed by atoms with van der Waals surface area (Å²) in [5, 5.41) is 8.97. The van der Waals surface area contributed by atoms with Gasteiger partial charge in [0, 0.05) is 61.5 Å². The highest BCUT2D eigenvalue weighted by molar-refractivity contribution is 6.02. The summed E-state index contributed by atoms with van der Waals surface area (Å²) in [5.41, 5.74) is 2.98. The molecule has 1 aliphatic heterocycles. The minimum Gasteiger partial charge on any atom is -0.374 e. The van der Waals surface area contributed by atoms with Crippen LogP contribution in [0.15, 0.2) is 35.3 Å². The molecule has 0 unspecified atom stereocenters. The van der Waals surface area contributed by atoms with Crippen LogP contribution in [0.5, 0.6) is 0 Å². The van der Waals surface area contributed by atoms with E-state index < -0.39 is 12.0 Å². The zero-order valence-electron chi connectivity index (χ0n) is 20.0. The van der Waals surface area contributed by atoms with E-state index in [1.54, 1.807) is 36.0 Å². The molecule has 0 saturated carbocycles. The van der Waals surface area contributed by atoms with E-state index in [-0.39, 0.29) is 11.7 Å².